The SMILES string of the molecule is CCCn1nccc1C(O)C1(CN)CCC1. The van der Waals surface area contributed by atoms with Crippen molar-refractivity contribution in [2.45, 2.75) is 45.3 Å². The molecule has 4 heteroatoms. The van der Waals surface area contributed by atoms with Crippen LogP contribution in [0.1, 0.15) is 44.4 Å². The van der Waals surface area contributed by atoms with E-state index in [1.807, 2.05) is 10.7 Å². The Morgan fingerprint density at radius 1 is 1.62 bits per heavy atom. The fourth-order valence-corrected chi connectivity index (χ4v) is 2.51. The minimum Gasteiger partial charge on any atom is -0.386 e. The molecule has 1 heterocycles. The Labute approximate surface area is 96.5 Å². The predicted octanol–water partition coefficient (Wildman–Crippen LogP) is 1.46. The molecule has 1 aromatic rings. The van der Waals surface area contributed by atoms with Crippen molar-refractivity contribution in [3.05, 3.63) is 18.0 Å². The average Bonchev–Trinajstić information content (AvgIpc) is 2.65. The van der Waals surface area contributed by atoms with Crippen molar-refractivity contribution in [3.63, 3.8) is 0 Å². The predicted molar refractivity (Wildman–Crippen MR) is 62.8 cm³/mol. The quantitative estimate of drug-likeness (QED) is 0.794. The van der Waals surface area contributed by atoms with E-state index in [1.54, 1.807) is 6.20 Å². The van der Waals surface area contributed by atoms with Gasteiger partial charge in [-0.05, 0) is 25.3 Å². The van der Waals surface area contributed by atoms with Gasteiger partial charge in [-0.2, -0.15) is 5.10 Å². The van der Waals surface area contributed by atoms with Crippen LogP contribution in [0.2, 0.25) is 0 Å². The van der Waals surface area contributed by atoms with Crippen LogP contribution in [0.25, 0.3) is 0 Å². The molecule has 0 amide bonds. The highest BCUT2D eigenvalue weighted by Crippen LogP contribution is 2.49. The van der Waals surface area contributed by atoms with Crippen LogP contribution in [0, 0.1) is 5.41 Å². The second-order valence-electron chi connectivity index (χ2n) is 4.80. The summed E-state index contributed by atoms with van der Waals surface area (Å²) in [7, 11) is 0. The van der Waals surface area contributed by atoms with Crippen LogP contribution < -0.4 is 5.73 Å². The average molecular weight is 223 g/mol. The van der Waals surface area contributed by atoms with E-state index in [0.717, 1.165) is 31.5 Å². The molecule has 1 atom stereocenters. The number of hydrogen-bond donors (Lipinski definition) is 2. The summed E-state index contributed by atoms with van der Waals surface area (Å²) in [5.74, 6) is 0. The molecule has 1 aliphatic rings. The van der Waals surface area contributed by atoms with Crippen molar-refractivity contribution in [1.82, 2.24) is 9.78 Å². The molecule has 0 bridgehead atoms. The van der Waals surface area contributed by atoms with Gasteiger partial charge in [0, 0.05) is 24.7 Å². The number of aliphatic hydroxyl groups excluding tert-OH is 1. The van der Waals surface area contributed by atoms with Gasteiger partial charge < -0.3 is 10.8 Å². The molecule has 0 aliphatic heterocycles. The fourth-order valence-electron chi connectivity index (χ4n) is 2.51. The lowest BCUT2D eigenvalue weighted by atomic mass is 9.64. The summed E-state index contributed by atoms with van der Waals surface area (Å²) in [5.41, 5.74) is 6.64. The molecule has 0 saturated heterocycles. The second-order valence-corrected chi connectivity index (χ2v) is 4.80. The largest absolute Gasteiger partial charge is 0.386 e. The lowest BCUT2D eigenvalue weighted by Gasteiger charge is -2.44. The van der Waals surface area contributed by atoms with Gasteiger partial charge in [0.1, 0.15) is 6.10 Å². The third kappa shape index (κ3) is 1.76. The highest BCUT2D eigenvalue weighted by molar-refractivity contribution is 5.12. The van der Waals surface area contributed by atoms with Crippen molar-refractivity contribution in [1.29, 1.82) is 0 Å². The van der Waals surface area contributed by atoms with Crippen molar-refractivity contribution < 1.29 is 5.11 Å². The smallest absolute Gasteiger partial charge is 0.102 e. The molecule has 1 unspecified atom stereocenters. The maximum Gasteiger partial charge on any atom is 0.102 e. The van der Waals surface area contributed by atoms with Gasteiger partial charge in [0.05, 0.1) is 5.69 Å². The Kier molecular flexibility index (Phi) is 3.30. The fraction of sp³-hybridized carbons (Fsp3) is 0.750. The number of nitrogens with zero attached hydrogens (tertiary/aromatic N) is 2. The summed E-state index contributed by atoms with van der Waals surface area (Å²) >= 11 is 0. The van der Waals surface area contributed by atoms with E-state index < -0.39 is 6.10 Å². The number of aliphatic hydroxyl groups is 1. The third-order valence-corrected chi connectivity index (χ3v) is 3.80. The maximum atomic E-state index is 10.4. The van der Waals surface area contributed by atoms with Gasteiger partial charge in [-0.3, -0.25) is 4.68 Å². The first kappa shape index (κ1) is 11.6. The molecule has 90 valence electrons. The van der Waals surface area contributed by atoms with Gasteiger partial charge in [0.2, 0.25) is 0 Å². The first-order valence-electron chi connectivity index (χ1n) is 6.13. The summed E-state index contributed by atoms with van der Waals surface area (Å²) in [6.45, 7) is 3.53. The Bertz CT molecular complexity index is 338. The number of hydrogen-bond acceptors (Lipinski definition) is 3. The summed E-state index contributed by atoms with van der Waals surface area (Å²) in [6, 6.07) is 1.91. The van der Waals surface area contributed by atoms with Crippen LogP contribution >= 0.6 is 0 Å². The molecule has 1 saturated carbocycles. The third-order valence-electron chi connectivity index (χ3n) is 3.80. The van der Waals surface area contributed by atoms with Gasteiger partial charge in [-0.25, -0.2) is 0 Å². The standard InChI is InChI=1S/C12H21N3O/c1-2-8-15-10(4-7-14-15)11(16)12(9-13)5-3-6-12/h4,7,11,16H,2-3,5-6,8-9,13H2,1H3. The molecule has 3 N–H and O–H groups in total. The van der Waals surface area contributed by atoms with Crippen molar-refractivity contribution in [2.75, 3.05) is 6.54 Å². The van der Waals surface area contributed by atoms with Crippen molar-refractivity contribution in [2.24, 2.45) is 11.1 Å². The van der Waals surface area contributed by atoms with E-state index in [9.17, 15) is 5.11 Å². The Balaban J connectivity index is 2.19. The van der Waals surface area contributed by atoms with E-state index in [2.05, 4.69) is 12.0 Å². The van der Waals surface area contributed by atoms with Gasteiger partial charge in [0.25, 0.3) is 0 Å². The Morgan fingerprint density at radius 2 is 2.38 bits per heavy atom. The van der Waals surface area contributed by atoms with Gasteiger partial charge in [-0.15, -0.1) is 0 Å². The van der Waals surface area contributed by atoms with Gasteiger partial charge in [-0.1, -0.05) is 13.3 Å². The molecule has 2 rings (SSSR count). The molecular formula is C12H21N3O. The van der Waals surface area contributed by atoms with E-state index in [-0.39, 0.29) is 5.41 Å². The minimum absolute atomic E-state index is 0.0917. The first-order chi connectivity index (χ1) is 7.73. The number of rotatable bonds is 5. The lowest BCUT2D eigenvalue weighted by Crippen LogP contribution is -2.43. The summed E-state index contributed by atoms with van der Waals surface area (Å²) < 4.78 is 1.90. The molecule has 1 aromatic heterocycles. The molecule has 0 radical (unpaired) electrons. The highest BCUT2D eigenvalue weighted by atomic mass is 16.3. The van der Waals surface area contributed by atoms with Crippen LogP contribution in [0.15, 0.2) is 12.3 Å². The molecule has 0 spiro atoms. The molecule has 4 nitrogen and oxygen atoms in total. The van der Waals surface area contributed by atoms with Gasteiger partial charge in [0.15, 0.2) is 0 Å². The topological polar surface area (TPSA) is 64.1 Å². The second kappa shape index (κ2) is 4.55. The zero-order valence-corrected chi connectivity index (χ0v) is 9.89. The van der Waals surface area contributed by atoms with Crippen molar-refractivity contribution in [3.8, 4) is 0 Å². The lowest BCUT2D eigenvalue weighted by molar-refractivity contribution is -0.0348. The number of aryl methyl sites for hydroxylation is 1. The van der Waals surface area contributed by atoms with Crippen LogP contribution in [0.5, 0.6) is 0 Å². The molecule has 16 heavy (non-hydrogen) atoms. The van der Waals surface area contributed by atoms with E-state index in [1.165, 1.54) is 6.42 Å². The molecular weight excluding hydrogens is 202 g/mol. The zero-order chi connectivity index (χ0) is 11.6. The van der Waals surface area contributed by atoms with Gasteiger partial charge >= 0.3 is 0 Å². The van der Waals surface area contributed by atoms with Crippen LogP contribution in [-0.2, 0) is 6.54 Å². The maximum absolute atomic E-state index is 10.4. The monoisotopic (exact) mass is 223 g/mol. The van der Waals surface area contributed by atoms with Crippen molar-refractivity contribution >= 4 is 0 Å². The first-order valence-corrected chi connectivity index (χ1v) is 6.13. The van der Waals surface area contributed by atoms with Crippen LogP contribution in [-0.4, -0.2) is 21.4 Å². The minimum atomic E-state index is -0.458. The zero-order valence-electron chi connectivity index (χ0n) is 9.89. The number of nitrogens with two attached hydrogens (primary N) is 1. The number of aromatic nitrogens is 2. The summed E-state index contributed by atoms with van der Waals surface area (Å²) in [4.78, 5) is 0. The molecule has 1 fully saturated rings. The van der Waals surface area contributed by atoms with E-state index in [4.69, 9.17) is 5.73 Å². The highest BCUT2D eigenvalue weighted by Gasteiger charge is 2.44. The van der Waals surface area contributed by atoms with Crippen LogP contribution in [0.4, 0.5) is 0 Å². The van der Waals surface area contributed by atoms with E-state index in [0.29, 0.717) is 6.54 Å². The molecule has 0 aromatic carbocycles. The molecule has 1 aliphatic carbocycles. The van der Waals surface area contributed by atoms with E-state index >= 15 is 0 Å². The summed E-state index contributed by atoms with van der Waals surface area (Å²) in [6.07, 6.45) is 5.56. The Hall–Kier alpha value is -0.870. The van der Waals surface area contributed by atoms with Crippen LogP contribution in [0.3, 0.4) is 0 Å². The Morgan fingerprint density at radius 3 is 2.88 bits per heavy atom. The summed E-state index contributed by atoms with van der Waals surface area (Å²) in [5, 5.41) is 14.7. The normalized spacial score (nSPS) is 20.4.